The summed E-state index contributed by atoms with van der Waals surface area (Å²) in [5.41, 5.74) is 3.02. The average Bonchev–Trinajstić information content (AvgIpc) is 2.67. The predicted octanol–water partition coefficient (Wildman–Crippen LogP) is 4.23. The van der Waals surface area contributed by atoms with Crippen LogP contribution in [0.25, 0.3) is 0 Å². The second-order valence-electron chi connectivity index (χ2n) is 6.02. The fourth-order valence-corrected chi connectivity index (χ4v) is 4.08. The third-order valence-corrected chi connectivity index (χ3v) is 5.81. The Morgan fingerprint density at radius 2 is 2.15 bits per heavy atom. The van der Waals surface area contributed by atoms with E-state index >= 15 is 0 Å². The van der Waals surface area contributed by atoms with Gasteiger partial charge >= 0.3 is 0 Å². The van der Waals surface area contributed by atoms with Crippen LogP contribution >= 0.6 is 27.7 Å². The molecule has 0 fully saturated rings. The van der Waals surface area contributed by atoms with Crippen LogP contribution in [-0.2, 0) is 17.6 Å². The van der Waals surface area contributed by atoms with Gasteiger partial charge in [0.25, 0.3) is 5.69 Å². The number of aryl methyl sites for hydroxylation is 2. The van der Waals surface area contributed by atoms with Crippen LogP contribution in [0.5, 0.6) is 0 Å². The van der Waals surface area contributed by atoms with E-state index in [1.165, 1.54) is 30.0 Å². The molecule has 9 heteroatoms. The lowest BCUT2D eigenvalue weighted by molar-refractivity contribution is -0.384. The van der Waals surface area contributed by atoms with Gasteiger partial charge in [-0.15, -0.1) is 0 Å². The summed E-state index contributed by atoms with van der Waals surface area (Å²) in [5.74, 6) is -0.192. The zero-order chi connectivity index (χ0) is 19.4. The van der Waals surface area contributed by atoms with Crippen LogP contribution in [0.2, 0.25) is 0 Å². The Hall–Kier alpha value is -2.44. The van der Waals surface area contributed by atoms with Gasteiger partial charge in [-0.3, -0.25) is 14.9 Å². The number of non-ortho nitro benzene ring substituents is 1. The third-order valence-electron chi connectivity index (χ3n) is 4.16. The molecule has 2 aromatic rings. The molecule has 0 radical (unpaired) electrons. The van der Waals surface area contributed by atoms with Gasteiger partial charge in [0.2, 0.25) is 5.91 Å². The van der Waals surface area contributed by atoms with Crippen LogP contribution in [-0.4, -0.2) is 21.6 Å². The molecule has 1 amide bonds. The lowest BCUT2D eigenvalue weighted by Gasteiger charge is -2.16. The Bertz CT molecular complexity index is 958. The average molecular weight is 447 g/mol. The molecule has 1 aromatic carbocycles. The van der Waals surface area contributed by atoms with Crippen molar-refractivity contribution in [1.29, 1.82) is 5.26 Å². The topological polar surface area (TPSA) is 109 Å². The van der Waals surface area contributed by atoms with E-state index in [4.69, 9.17) is 0 Å². The molecule has 1 heterocycles. The van der Waals surface area contributed by atoms with Crippen molar-refractivity contribution in [3.63, 3.8) is 0 Å². The number of anilines is 1. The molecule has 1 aliphatic rings. The van der Waals surface area contributed by atoms with Crippen molar-refractivity contribution < 1.29 is 9.72 Å². The van der Waals surface area contributed by atoms with Crippen molar-refractivity contribution in [2.75, 3.05) is 11.1 Å². The van der Waals surface area contributed by atoms with Gasteiger partial charge < -0.3 is 5.32 Å². The van der Waals surface area contributed by atoms with Crippen molar-refractivity contribution in [1.82, 2.24) is 4.98 Å². The quantitative estimate of drug-likeness (QED) is 0.417. The predicted molar refractivity (Wildman–Crippen MR) is 106 cm³/mol. The maximum Gasteiger partial charge on any atom is 0.270 e. The molecule has 3 rings (SSSR count). The molecule has 27 heavy (non-hydrogen) atoms. The Labute approximate surface area is 168 Å². The number of nitrogens with zero attached hydrogens (tertiary/aromatic N) is 3. The van der Waals surface area contributed by atoms with Crippen molar-refractivity contribution in [2.24, 2.45) is 0 Å². The zero-order valence-corrected chi connectivity index (χ0v) is 16.6. The number of nitro benzene ring substituents is 1. The summed E-state index contributed by atoms with van der Waals surface area (Å²) in [5, 5.41) is 23.4. The first-order valence-corrected chi connectivity index (χ1v) is 10.1. The Morgan fingerprint density at radius 1 is 1.37 bits per heavy atom. The minimum Gasteiger partial charge on any atom is -0.324 e. The second-order valence-corrected chi connectivity index (χ2v) is 7.84. The first-order chi connectivity index (χ1) is 13.0. The van der Waals surface area contributed by atoms with Gasteiger partial charge in [0.05, 0.1) is 21.9 Å². The van der Waals surface area contributed by atoms with Gasteiger partial charge in [-0.05, 0) is 59.3 Å². The van der Waals surface area contributed by atoms with Crippen LogP contribution < -0.4 is 5.32 Å². The fourth-order valence-electron chi connectivity index (χ4n) is 2.84. The molecule has 138 valence electrons. The van der Waals surface area contributed by atoms with Crippen molar-refractivity contribution in [3.05, 3.63) is 55.7 Å². The van der Waals surface area contributed by atoms with E-state index in [1.54, 1.807) is 0 Å². The number of pyridine rings is 1. The SMILES string of the molecule is N#Cc1cc2c(nc1SCC(=O)Nc1ccc([N+](=O)[O-])cc1Br)CCCC2. The number of amides is 1. The van der Waals surface area contributed by atoms with Crippen LogP contribution in [0.4, 0.5) is 11.4 Å². The molecule has 1 N–H and O–H groups in total. The zero-order valence-electron chi connectivity index (χ0n) is 14.2. The summed E-state index contributed by atoms with van der Waals surface area (Å²) in [6, 6.07) is 8.18. The molecule has 0 saturated carbocycles. The third kappa shape index (κ3) is 4.64. The number of halogens is 1. The maximum absolute atomic E-state index is 12.2. The van der Waals surface area contributed by atoms with Gasteiger partial charge in [0.1, 0.15) is 11.1 Å². The van der Waals surface area contributed by atoms with Crippen molar-refractivity contribution in [3.8, 4) is 6.07 Å². The van der Waals surface area contributed by atoms with Crippen LogP contribution in [0, 0.1) is 21.4 Å². The van der Waals surface area contributed by atoms with Crippen LogP contribution in [0.1, 0.15) is 29.7 Å². The molecule has 0 aliphatic heterocycles. The van der Waals surface area contributed by atoms with E-state index in [1.807, 2.05) is 6.07 Å². The summed E-state index contributed by atoms with van der Waals surface area (Å²) in [6.07, 6.45) is 4.04. The normalized spacial score (nSPS) is 12.7. The smallest absolute Gasteiger partial charge is 0.270 e. The molecular formula is C18H15BrN4O3S. The largest absolute Gasteiger partial charge is 0.324 e. The lowest BCUT2D eigenvalue weighted by Crippen LogP contribution is -2.15. The number of hydrogen-bond donors (Lipinski definition) is 1. The van der Waals surface area contributed by atoms with Gasteiger partial charge in [0, 0.05) is 22.3 Å². The minimum absolute atomic E-state index is 0.0637. The summed E-state index contributed by atoms with van der Waals surface area (Å²) < 4.78 is 0.430. The number of nitrogens with one attached hydrogen (secondary N) is 1. The molecule has 0 bridgehead atoms. The van der Waals surface area contributed by atoms with E-state index in [-0.39, 0.29) is 17.3 Å². The van der Waals surface area contributed by atoms with E-state index < -0.39 is 4.92 Å². The standard InChI is InChI=1S/C18H15BrN4O3S/c19-14-8-13(23(25)26)5-6-16(14)21-17(24)10-27-18-12(9-20)7-11-3-1-2-4-15(11)22-18/h5-8H,1-4,10H2,(H,21,24). The number of carbonyl (C=O) groups excluding carboxylic acids is 1. The monoisotopic (exact) mass is 446 g/mol. The first-order valence-electron chi connectivity index (χ1n) is 8.27. The van der Waals surface area contributed by atoms with Gasteiger partial charge in [-0.1, -0.05) is 11.8 Å². The van der Waals surface area contributed by atoms with E-state index in [2.05, 4.69) is 32.3 Å². The number of rotatable bonds is 5. The molecule has 0 unspecified atom stereocenters. The number of nitro groups is 1. The maximum atomic E-state index is 12.2. The highest BCUT2D eigenvalue weighted by Crippen LogP contribution is 2.29. The number of fused-ring (bicyclic) bond motifs is 1. The number of thioether (sulfide) groups is 1. The molecule has 0 atom stereocenters. The highest BCUT2D eigenvalue weighted by molar-refractivity contribution is 9.10. The summed E-state index contributed by atoms with van der Waals surface area (Å²) in [4.78, 5) is 27.1. The molecule has 1 aliphatic carbocycles. The van der Waals surface area contributed by atoms with E-state index in [0.717, 1.165) is 36.9 Å². The molecule has 0 spiro atoms. The van der Waals surface area contributed by atoms with Gasteiger partial charge in [0.15, 0.2) is 0 Å². The number of hydrogen-bond acceptors (Lipinski definition) is 6. The fraction of sp³-hybridized carbons (Fsp3) is 0.278. The number of benzene rings is 1. The summed E-state index contributed by atoms with van der Waals surface area (Å²) >= 11 is 4.44. The minimum atomic E-state index is -0.503. The first kappa shape index (κ1) is 19.3. The highest BCUT2D eigenvalue weighted by atomic mass is 79.9. The van der Waals surface area contributed by atoms with Gasteiger partial charge in [-0.25, -0.2) is 4.98 Å². The Morgan fingerprint density at radius 3 is 2.85 bits per heavy atom. The summed E-state index contributed by atoms with van der Waals surface area (Å²) in [6.45, 7) is 0. The molecule has 7 nitrogen and oxygen atoms in total. The number of nitriles is 1. The van der Waals surface area contributed by atoms with Gasteiger partial charge in [-0.2, -0.15) is 5.26 Å². The Balaban J connectivity index is 1.67. The summed E-state index contributed by atoms with van der Waals surface area (Å²) in [7, 11) is 0. The van der Waals surface area contributed by atoms with Crippen molar-refractivity contribution >= 4 is 45.0 Å². The second kappa shape index (κ2) is 8.50. The van der Waals surface area contributed by atoms with E-state index in [0.29, 0.717) is 20.7 Å². The molecule has 0 saturated heterocycles. The number of carbonyl (C=O) groups is 1. The lowest BCUT2D eigenvalue weighted by atomic mass is 9.95. The van der Waals surface area contributed by atoms with Crippen LogP contribution in [0.3, 0.4) is 0 Å². The van der Waals surface area contributed by atoms with Crippen LogP contribution in [0.15, 0.2) is 33.8 Å². The highest BCUT2D eigenvalue weighted by Gasteiger charge is 2.17. The number of aromatic nitrogens is 1. The Kier molecular flexibility index (Phi) is 6.08. The molecule has 1 aromatic heterocycles. The molecular weight excluding hydrogens is 432 g/mol. The van der Waals surface area contributed by atoms with E-state index in [9.17, 15) is 20.2 Å². The van der Waals surface area contributed by atoms with Crippen molar-refractivity contribution in [2.45, 2.75) is 30.7 Å².